The standard InChI is InChI=1S/C15H19ClN2O2/c1-15(11-3-2-8-17-9-11)10-20-14(19)18(15)13-6-4-12(16)5-7-13/h4-7,11,17H,2-3,8-10H2,1H3. The van der Waals surface area contributed by atoms with Gasteiger partial charge in [0.2, 0.25) is 0 Å². The first-order valence-corrected chi connectivity index (χ1v) is 7.42. The molecule has 0 aromatic heterocycles. The summed E-state index contributed by atoms with van der Waals surface area (Å²) >= 11 is 5.93. The molecule has 1 N–H and O–H groups in total. The summed E-state index contributed by atoms with van der Waals surface area (Å²) in [6, 6.07) is 7.37. The van der Waals surface area contributed by atoms with Crippen molar-refractivity contribution in [1.82, 2.24) is 5.32 Å². The molecule has 5 heteroatoms. The molecule has 2 atom stereocenters. The first-order valence-electron chi connectivity index (χ1n) is 7.04. The van der Waals surface area contributed by atoms with Crippen LogP contribution in [0.5, 0.6) is 0 Å². The zero-order valence-corrected chi connectivity index (χ0v) is 12.3. The highest BCUT2D eigenvalue weighted by atomic mass is 35.5. The van der Waals surface area contributed by atoms with Gasteiger partial charge in [-0.3, -0.25) is 4.90 Å². The predicted octanol–water partition coefficient (Wildman–Crippen LogP) is 3.05. The number of nitrogens with zero attached hydrogens (tertiary/aromatic N) is 1. The average molecular weight is 295 g/mol. The van der Waals surface area contributed by atoms with Crippen LogP contribution in [0, 0.1) is 5.92 Å². The Hall–Kier alpha value is -1.26. The lowest BCUT2D eigenvalue weighted by atomic mass is 9.80. The van der Waals surface area contributed by atoms with Crippen LogP contribution in [0.25, 0.3) is 0 Å². The third kappa shape index (κ3) is 2.27. The average Bonchev–Trinajstić information content (AvgIpc) is 2.78. The van der Waals surface area contributed by atoms with Crippen molar-refractivity contribution in [3.63, 3.8) is 0 Å². The molecule has 3 rings (SSSR count). The van der Waals surface area contributed by atoms with E-state index >= 15 is 0 Å². The Balaban J connectivity index is 1.92. The topological polar surface area (TPSA) is 41.6 Å². The number of piperidine rings is 1. The smallest absolute Gasteiger partial charge is 0.415 e. The molecule has 2 aliphatic rings. The van der Waals surface area contributed by atoms with Gasteiger partial charge in [0.15, 0.2) is 0 Å². The molecule has 1 amide bonds. The summed E-state index contributed by atoms with van der Waals surface area (Å²) in [5, 5.41) is 4.09. The van der Waals surface area contributed by atoms with Gasteiger partial charge in [0, 0.05) is 17.3 Å². The maximum Gasteiger partial charge on any atom is 0.415 e. The van der Waals surface area contributed by atoms with Gasteiger partial charge >= 0.3 is 6.09 Å². The fraction of sp³-hybridized carbons (Fsp3) is 0.533. The molecule has 0 aliphatic carbocycles. The van der Waals surface area contributed by atoms with Crippen LogP contribution < -0.4 is 10.2 Å². The summed E-state index contributed by atoms with van der Waals surface area (Å²) in [5.74, 6) is 0.401. The van der Waals surface area contributed by atoms with E-state index in [2.05, 4.69) is 12.2 Å². The molecule has 0 bridgehead atoms. The van der Waals surface area contributed by atoms with Gasteiger partial charge in [-0.1, -0.05) is 11.6 Å². The van der Waals surface area contributed by atoms with Crippen molar-refractivity contribution in [3.05, 3.63) is 29.3 Å². The number of anilines is 1. The summed E-state index contributed by atoms with van der Waals surface area (Å²) in [5.41, 5.74) is 0.559. The second-order valence-corrected chi connectivity index (χ2v) is 6.20. The van der Waals surface area contributed by atoms with E-state index in [4.69, 9.17) is 16.3 Å². The number of benzene rings is 1. The van der Waals surface area contributed by atoms with Crippen LogP contribution in [0.2, 0.25) is 5.02 Å². The van der Waals surface area contributed by atoms with Crippen molar-refractivity contribution in [2.75, 3.05) is 24.6 Å². The third-order valence-corrected chi connectivity index (χ3v) is 4.69. The molecular formula is C15H19ClN2O2. The number of hydrogen-bond acceptors (Lipinski definition) is 3. The lowest BCUT2D eigenvalue weighted by Crippen LogP contribution is -2.55. The number of cyclic esters (lactones) is 1. The zero-order chi connectivity index (χ0) is 14.2. The fourth-order valence-corrected chi connectivity index (χ4v) is 3.35. The second kappa shape index (κ2) is 5.26. The molecule has 2 fully saturated rings. The van der Waals surface area contributed by atoms with Crippen LogP contribution in [0.3, 0.4) is 0 Å². The van der Waals surface area contributed by atoms with E-state index in [0.29, 0.717) is 17.5 Å². The number of halogens is 1. The van der Waals surface area contributed by atoms with Crippen molar-refractivity contribution in [1.29, 1.82) is 0 Å². The van der Waals surface area contributed by atoms with E-state index < -0.39 is 0 Å². The Morgan fingerprint density at radius 1 is 1.40 bits per heavy atom. The van der Waals surface area contributed by atoms with E-state index in [-0.39, 0.29) is 11.6 Å². The normalized spacial score (nSPS) is 30.4. The molecule has 1 aromatic carbocycles. The Kier molecular flexibility index (Phi) is 3.61. The minimum absolute atomic E-state index is 0.264. The highest BCUT2D eigenvalue weighted by Gasteiger charge is 2.49. The first-order chi connectivity index (χ1) is 9.61. The van der Waals surface area contributed by atoms with Gasteiger partial charge in [0.05, 0.1) is 5.54 Å². The van der Waals surface area contributed by atoms with Gasteiger partial charge in [-0.25, -0.2) is 4.79 Å². The quantitative estimate of drug-likeness (QED) is 0.911. The van der Waals surface area contributed by atoms with E-state index in [0.717, 1.165) is 31.6 Å². The van der Waals surface area contributed by atoms with Crippen molar-refractivity contribution in [3.8, 4) is 0 Å². The van der Waals surface area contributed by atoms with Gasteiger partial charge in [-0.2, -0.15) is 0 Å². The van der Waals surface area contributed by atoms with Crippen LogP contribution in [0.1, 0.15) is 19.8 Å². The highest BCUT2D eigenvalue weighted by molar-refractivity contribution is 6.30. The number of rotatable bonds is 2. The number of ether oxygens (including phenoxy) is 1. The number of nitrogens with one attached hydrogen (secondary N) is 1. The molecule has 0 radical (unpaired) electrons. The Morgan fingerprint density at radius 2 is 2.15 bits per heavy atom. The molecule has 20 heavy (non-hydrogen) atoms. The minimum atomic E-state index is -0.293. The van der Waals surface area contributed by atoms with Crippen LogP contribution >= 0.6 is 11.6 Å². The van der Waals surface area contributed by atoms with Crippen molar-refractivity contribution in [2.24, 2.45) is 5.92 Å². The molecular weight excluding hydrogens is 276 g/mol. The number of carbonyl (C=O) groups excluding carboxylic acids is 1. The zero-order valence-electron chi connectivity index (χ0n) is 11.6. The molecule has 2 unspecified atom stereocenters. The summed E-state index contributed by atoms with van der Waals surface area (Å²) in [6.07, 6.45) is 1.99. The van der Waals surface area contributed by atoms with Crippen LogP contribution in [-0.4, -0.2) is 31.3 Å². The number of hydrogen-bond donors (Lipinski definition) is 1. The molecule has 0 saturated carbocycles. The lowest BCUT2D eigenvalue weighted by Gasteiger charge is -2.41. The summed E-state index contributed by atoms with van der Waals surface area (Å²) < 4.78 is 5.35. The first kappa shape index (κ1) is 13.7. The minimum Gasteiger partial charge on any atom is -0.447 e. The van der Waals surface area contributed by atoms with Crippen molar-refractivity contribution in [2.45, 2.75) is 25.3 Å². The molecule has 2 aliphatic heterocycles. The van der Waals surface area contributed by atoms with E-state index in [1.807, 2.05) is 24.3 Å². The Morgan fingerprint density at radius 3 is 2.80 bits per heavy atom. The fourth-order valence-electron chi connectivity index (χ4n) is 3.22. The van der Waals surface area contributed by atoms with Crippen molar-refractivity contribution < 1.29 is 9.53 Å². The molecule has 2 saturated heterocycles. The van der Waals surface area contributed by atoms with E-state index in [1.165, 1.54) is 0 Å². The number of amides is 1. The SMILES string of the molecule is CC1(C2CCCNC2)COC(=O)N1c1ccc(Cl)cc1. The Labute approximate surface area is 124 Å². The molecule has 4 nitrogen and oxygen atoms in total. The molecule has 0 spiro atoms. The van der Waals surface area contributed by atoms with Gasteiger partial charge in [0.25, 0.3) is 0 Å². The molecule has 108 valence electrons. The highest BCUT2D eigenvalue weighted by Crippen LogP contribution is 2.38. The summed E-state index contributed by atoms with van der Waals surface area (Å²) in [4.78, 5) is 14.0. The molecule has 1 aromatic rings. The lowest BCUT2D eigenvalue weighted by molar-refractivity contribution is 0.157. The van der Waals surface area contributed by atoms with Crippen molar-refractivity contribution >= 4 is 23.4 Å². The van der Waals surface area contributed by atoms with Gasteiger partial charge in [-0.05, 0) is 56.5 Å². The largest absolute Gasteiger partial charge is 0.447 e. The number of carbonyl (C=O) groups is 1. The van der Waals surface area contributed by atoms with Gasteiger partial charge in [0.1, 0.15) is 6.61 Å². The maximum absolute atomic E-state index is 12.2. The van der Waals surface area contributed by atoms with E-state index in [1.54, 1.807) is 4.90 Å². The van der Waals surface area contributed by atoms with Crippen LogP contribution in [0.4, 0.5) is 10.5 Å². The van der Waals surface area contributed by atoms with Crippen LogP contribution in [-0.2, 0) is 4.74 Å². The molecule has 2 heterocycles. The third-order valence-electron chi connectivity index (χ3n) is 4.44. The van der Waals surface area contributed by atoms with Crippen LogP contribution in [0.15, 0.2) is 24.3 Å². The summed E-state index contributed by atoms with van der Waals surface area (Å²) in [6.45, 7) is 4.55. The Bertz CT molecular complexity index is 499. The maximum atomic E-state index is 12.2. The van der Waals surface area contributed by atoms with Gasteiger partial charge < -0.3 is 10.1 Å². The van der Waals surface area contributed by atoms with Gasteiger partial charge in [-0.15, -0.1) is 0 Å². The summed E-state index contributed by atoms with van der Waals surface area (Å²) in [7, 11) is 0. The van der Waals surface area contributed by atoms with E-state index in [9.17, 15) is 4.79 Å². The second-order valence-electron chi connectivity index (χ2n) is 5.77. The monoisotopic (exact) mass is 294 g/mol. The predicted molar refractivity (Wildman–Crippen MR) is 79.3 cm³/mol.